The third kappa shape index (κ3) is 43.6. The first kappa shape index (κ1) is 72.1. The van der Waals surface area contributed by atoms with Crippen LogP contribution in [0.3, 0.4) is 0 Å². The van der Waals surface area contributed by atoms with Gasteiger partial charge in [-0.3, -0.25) is 14.4 Å². The SMILES string of the molecule is CC/C=C\C/C=C\C/C=C\C/C=C\CCCCCCC(=O)OC1C(OCC(COC(=O)CCCCCCCC/C=C\C/C=C\C/C=C\CCCCC)OC(=O)CCCCC/C=C\C/C=C\C/C=C\CC)OC(C(=O)O)C(O)C1O. The van der Waals surface area contributed by atoms with Crippen molar-refractivity contribution in [2.75, 3.05) is 13.2 Å². The first-order valence-corrected chi connectivity index (χ1v) is 30.5. The third-order valence-electron chi connectivity index (χ3n) is 13.0. The maximum absolute atomic E-state index is 13.1. The monoisotopic (exact) mass is 1100 g/mol. The molecular formula is C67H106O12. The van der Waals surface area contributed by atoms with E-state index in [0.29, 0.717) is 19.3 Å². The zero-order valence-electron chi connectivity index (χ0n) is 49.1. The van der Waals surface area contributed by atoms with Gasteiger partial charge in [0, 0.05) is 19.3 Å². The lowest BCUT2D eigenvalue weighted by Crippen LogP contribution is -2.61. The third-order valence-corrected chi connectivity index (χ3v) is 13.0. The van der Waals surface area contributed by atoms with E-state index in [4.69, 9.17) is 23.7 Å². The molecule has 79 heavy (non-hydrogen) atoms. The number of carbonyl (C=O) groups is 4. The number of hydrogen-bond donors (Lipinski definition) is 3. The highest BCUT2D eigenvalue weighted by molar-refractivity contribution is 5.74. The Bertz CT molecular complexity index is 1840. The molecule has 0 amide bonds. The Labute approximate surface area is 478 Å². The van der Waals surface area contributed by atoms with E-state index in [0.717, 1.165) is 141 Å². The summed E-state index contributed by atoms with van der Waals surface area (Å²) in [5, 5.41) is 31.5. The lowest BCUT2D eigenvalue weighted by atomic mass is 9.98. The lowest BCUT2D eigenvalue weighted by molar-refractivity contribution is -0.301. The summed E-state index contributed by atoms with van der Waals surface area (Å²) < 4.78 is 28.4. The van der Waals surface area contributed by atoms with Crippen LogP contribution in [0.4, 0.5) is 0 Å². The van der Waals surface area contributed by atoms with E-state index in [1.54, 1.807) is 0 Å². The van der Waals surface area contributed by atoms with Crippen molar-refractivity contribution in [2.24, 2.45) is 0 Å². The number of rotatable bonds is 50. The Morgan fingerprint density at radius 3 is 1.23 bits per heavy atom. The number of aliphatic carboxylic acids is 1. The van der Waals surface area contributed by atoms with Gasteiger partial charge in [-0.25, -0.2) is 4.79 Å². The van der Waals surface area contributed by atoms with Crippen LogP contribution in [-0.2, 0) is 42.9 Å². The molecule has 1 aliphatic heterocycles. The number of aliphatic hydroxyl groups is 2. The maximum Gasteiger partial charge on any atom is 0.335 e. The van der Waals surface area contributed by atoms with Crippen molar-refractivity contribution in [2.45, 2.75) is 263 Å². The van der Waals surface area contributed by atoms with Gasteiger partial charge in [0.1, 0.15) is 18.8 Å². The molecule has 3 N–H and O–H groups in total. The van der Waals surface area contributed by atoms with E-state index in [9.17, 15) is 34.5 Å². The van der Waals surface area contributed by atoms with Gasteiger partial charge in [-0.05, 0) is 128 Å². The summed E-state index contributed by atoms with van der Waals surface area (Å²) in [5.74, 6) is -3.22. The Hall–Kier alpha value is -4.88. The van der Waals surface area contributed by atoms with Gasteiger partial charge in [-0.1, -0.05) is 200 Å². The van der Waals surface area contributed by atoms with E-state index in [1.807, 2.05) is 0 Å². The van der Waals surface area contributed by atoms with Crippen molar-refractivity contribution in [1.82, 2.24) is 0 Å². The number of carboxylic acids is 1. The minimum absolute atomic E-state index is 0.0211. The highest BCUT2D eigenvalue weighted by atomic mass is 16.7. The second-order valence-corrected chi connectivity index (χ2v) is 20.2. The normalized spacial score (nSPS) is 18.7. The summed E-state index contributed by atoms with van der Waals surface area (Å²) in [6.07, 6.45) is 61.6. The molecule has 1 heterocycles. The summed E-state index contributed by atoms with van der Waals surface area (Å²) in [6.45, 7) is 5.68. The van der Waals surface area contributed by atoms with Crippen LogP contribution in [0.1, 0.15) is 226 Å². The molecule has 0 aliphatic carbocycles. The number of aliphatic hydroxyl groups excluding tert-OH is 2. The minimum atomic E-state index is -1.93. The number of carbonyl (C=O) groups excluding carboxylic acids is 3. The van der Waals surface area contributed by atoms with Crippen LogP contribution in [0.5, 0.6) is 0 Å². The van der Waals surface area contributed by atoms with Crippen molar-refractivity contribution >= 4 is 23.9 Å². The highest BCUT2D eigenvalue weighted by Gasteiger charge is 2.50. The molecule has 12 heteroatoms. The summed E-state index contributed by atoms with van der Waals surface area (Å²) in [6, 6.07) is 0. The summed E-state index contributed by atoms with van der Waals surface area (Å²) in [7, 11) is 0. The van der Waals surface area contributed by atoms with E-state index >= 15 is 0 Å². The van der Waals surface area contributed by atoms with Gasteiger partial charge in [-0.15, -0.1) is 0 Å². The van der Waals surface area contributed by atoms with Crippen molar-refractivity contribution < 1.29 is 58.2 Å². The predicted molar refractivity (Wildman–Crippen MR) is 321 cm³/mol. The smallest absolute Gasteiger partial charge is 0.335 e. The molecule has 446 valence electrons. The Morgan fingerprint density at radius 1 is 0.430 bits per heavy atom. The first-order valence-electron chi connectivity index (χ1n) is 30.5. The van der Waals surface area contributed by atoms with Crippen LogP contribution < -0.4 is 0 Å². The van der Waals surface area contributed by atoms with Gasteiger partial charge in [0.25, 0.3) is 0 Å². The number of esters is 3. The van der Waals surface area contributed by atoms with Gasteiger partial charge < -0.3 is 39.0 Å². The summed E-state index contributed by atoms with van der Waals surface area (Å²) in [5.41, 5.74) is 0. The van der Waals surface area contributed by atoms with Gasteiger partial charge in [0.2, 0.25) is 0 Å². The molecule has 0 bridgehead atoms. The van der Waals surface area contributed by atoms with Crippen LogP contribution in [0, 0.1) is 0 Å². The molecule has 1 rings (SSSR count). The van der Waals surface area contributed by atoms with Gasteiger partial charge in [-0.2, -0.15) is 0 Å². The molecule has 12 nitrogen and oxygen atoms in total. The molecule has 0 aromatic heterocycles. The van der Waals surface area contributed by atoms with Gasteiger partial charge in [0.15, 0.2) is 24.6 Å². The Morgan fingerprint density at radius 2 is 0.797 bits per heavy atom. The molecule has 1 aliphatic rings. The van der Waals surface area contributed by atoms with E-state index in [1.165, 1.54) is 25.7 Å². The number of carboxylic acid groups (broad SMARTS) is 1. The van der Waals surface area contributed by atoms with Gasteiger partial charge >= 0.3 is 23.9 Å². The molecule has 0 radical (unpaired) electrons. The highest BCUT2D eigenvalue weighted by Crippen LogP contribution is 2.26. The van der Waals surface area contributed by atoms with Crippen LogP contribution >= 0.6 is 0 Å². The largest absolute Gasteiger partial charge is 0.479 e. The molecule has 1 saturated heterocycles. The van der Waals surface area contributed by atoms with Gasteiger partial charge in [0.05, 0.1) is 6.61 Å². The fourth-order valence-electron chi connectivity index (χ4n) is 8.38. The van der Waals surface area contributed by atoms with E-state index < -0.39 is 67.3 Å². The standard InChI is InChI=1S/C67H106O12/c1-4-7-10-13-16-19-22-25-27-29-30-32-33-36-38-41-44-47-50-53-59(68)75-56-58(77-60(69)54-51-48-45-42-39-35-24-21-18-15-12-9-6-3)57-76-67-65(63(72)62(71)64(79-67)66(73)74)78-61(70)55-52-49-46-43-40-37-34-31-28-26-23-20-17-14-11-8-5-2/h8-9,11-12,16-21,25-28,30,32,34-35,37,39,58,62-65,67,71-72H,4-7,10,13-15,22-24,29,31,33,36,38,40-57H2,1-3H3,(H,73,74)/b11-8-,12-9-,19-16-,20-17-,21-18-,27-25-,28-26-,32-30-,37-34-,39-35-. The zero-order valence-corrected chi connectivity index (χ0v) is 49.1. The molecule has 0 aromatic carbocycles. The second kappa shape index (κ2) is 53.7. The number of hydrogen-bond acceptors (Lipinski definition) is 11. The van der Waals surface area contributed by atoms with E-state index in [2.05, 4.69) is 142 Å². The summed E-state index contributed by atoms with van der Waals surface area (Å²) in [4.78, 5) is 51.2. The van der Waals surface area contributed by atoms with Crippen LogP contribution in [0.2, 0.25) is 0 Å². The average Bonchev–Trinajstić information content (AvgIpc) is 3.46. The lowest BCUT2D eigenvalue weighted by Gasteiger charge is -2.40. The number of ether oxygens (including phenoxy) is 5. The Balaban J connectivity index is 2.71. The molecule has 0 spiro atoms. The molecule has 0 saturated carbocycles. The van der Waals surface area contributed by atoms with E-state index in [-0.39, 0.29) is 25.9 Å². The fraction of sp³-hybridized carbons (Fsp3) is 0.642. The summed E-state index contributed by atoms with van der Waals surface area (Å²) >= 11 is 0. The zero-order chi connectivity index (χ0) is 57.5. The predicted octanol–water partition coefficient (Wildman–Crippen LogP) is 16.0. The molecule has 6 unspecified atom stereocenters. The number of unbranched alkanes of at least 4 members (excludes halogenated alkanes) is 16. The second-order valence-electron chi connectivity index (χ2n) is 20.2. The van der Waals surface area contributed by atoms with Crippen molar-refractivity contribution in [3.8, 4) is 0 Å². The molecule has 0 aromatic rings. The van der Waals surface area contributed by atoms with Crippen LogP contribution in [0.25, 0.3) is 0 Å². The molecule has 1 fully saturated rings. The van der Waals surface area contributed by atoms with Crippen molar-refractivity contribution in [3.05, 3.63) is 122 Å². The fourth-order valence-corrected chi connectivity index (χ4v) is 8.38. The quantitative estimate of drug-likeness (QED) is 0.0228. The topological polar surface area (TPSA) is 175 Å². The number of allylic oxidation sites excluding steroid dienone is 20. The average molecular weight is 1100 g/mol. The minimum Gasteiger partial charge on any atom is -0.479 e. The molecular weight excluding hydrogens is 997 g/mol. The van der Waals surface area contributed by atoms with Crippen LogP contribution in [-0.4, -0.2) is 89.2 Å². The maximum atomic E-state index is 13.1. The molecule has 6 atom stereocenters. The van der Waals surface area contributed by atoms with Crippen molar-refractivity contribution in [1.29, 1.82) is 0 Å². The van der Waals surface area contributed by atoms with Crippen LogP contribution in [0.15, 0.2) is 122 Å². The Kier molecular flexibility index (Phi) is 49.1. The van der Waals surface area contributed by atoms with Crippen molar-refractivity contribution in [3.63, 3.8) is 0 Å². The first-order chi connectivity index (χ1) is 38.6.